The van der Waals surface area contributed by atoms with E-state index >= 15 is 0 Å². The highest BCUT2D eigenvalue weighted by Gasteiger charge is 2.39. The highest BCUT2D eigenvalue weighted by Crippen LogP contribution is 2.32. The van der Waals surface area contributed by atoms with E-state index in [9.17, 15) is 9.59 Å². The molecule has 1 aromatic rings. The molecule has 3 aliphatic rings. The van der Waals surface area contributed by atoms with Gasteiger partial charge in [-0.1, -0.05) is 43.2 Å². The number of carbonyl (C=O) groups is 2. The van der Waals surface area contributed by atoms with Crippen LogP contribution in [0.5, 0.6) is 0 Å². The van der Waals surface area contributed by atoms with E-state index < -0.39 is 0 Å². The first-order valence-corrected chi connectivity index (χ1v) is 12.1. The number of amides is 2. The van der Waals surface area contributed by atoms with Crippen LogP contribution in [0.3, 0.4) is 0 Å². The topological polar surface area (TPSA) is 43.9 Å². The van der Waals surface area contributed by atoms with Crippen molar-refractivity contribution >= 4 is 11.8 Å². The lowest BCUT2D eigenvalue weighted by Gasteiger charge is -2.43. The van der Waals surface area contributed by atoms with E-state index in [1.165, 1.54) is 37.7 Å². The van der Waals surface area contributed by atoms with Crippen molar-refractivity contribution < 1.29 is 9.59 Å². The van der Waals surface area contributed by atoms with Crippen LogP contribution >= 0.6 is 0 Å². The van der Waals surface area contributed by atoms with E-state index in [-0.39, 0.29) is 11.9 Å². The van der Waals surface area contributed by atoms with E-state index in [4.69, 9.17) is 0 Å². The first kappa shape index (κ1) is 21.4. The minimum absolute atomic E-state index is 0.0344. The van der Waals surface area contributed by atoms with Gasteiger partial charge in [-0.2, -0.15) is 0 Å². The van der Waals surface area contributed by atoms with Gasteiger partial charge in [0.1, 0.15) is 0 Å². The molecule has 1 atom stereocenters. The summed E-state index contributed by atoms with van der Waals surface area (Å²) in [7, 11) is 0. The standard InChI is InChI=1S/C25H37N3O2/c29-23(14-13-21-9-3-1-4-10-21)26-17-19-27(20-18-26)24(22-11-5-6-12-22)25(30)28-15-7-2-8-16-28/h1,3-4,9-10,22,24H,2,5-8,11-20H2/t24-/m1/s1. The Morgan fingerprint density at radius 1 is 0.800 bits per heavy atom. The number of carbonyl (C=O) groups excluding carboxylic acids is 2. The smallest absolute Gasteiger partial charge is 0.240 e. The zero-order valence-electron chi connectivity index (χ0n) is 18.3. The number of rotatable bonds is 6. The highest BCUT2D eigenvalue weighted by molar-refractivity contribution is 5.82. The molecule has 1 aromatic carbocycles. The van der Waals surface area contributed by atoms with Crippen LogP contribution in [0, 0.1) is 5.92 Å². The van der Waals surface area contributed by atoms with E-state index in [0.29, 0.717) is 18.2 Å². The molecule has 30 heavy (non-hydrogen) atoms. The Bertz CT molecular complexity index is 688. The van der Waals surface area contributed by atoms with Gasteiger partial charge in [-0.3, -0.25) is 14.5 Å². The third-order valence-corrected chi connectivity index (χ3v) is 7.30. The van der Waals surface area contributed by atoms with Crippen LogP contribution < -0.4 is 0 Å². The molecule has 5 heteroatoms. The summed E-state index contributed by atoms with van der Waals surface area (Å²) in [5.74, 6) is 1.11. The molecule has 0 N–H and O–H groups in total. The first-order chi connectivity index (χ1) is 14.7. The zero-order valence-corrected chi connectivity index (χ0v) is 18.3. The van der Waals surface area contributed by atoms with Crippen molar-refractivity contribution in [2.24, 2.45) is 5.92 Å². The lowest BCUT2D eigenvalue weighted by atomic mass is 9.93. The van der Waals surface area contributed by atoms with E-state index in [2.05, 4.69) is 21.9 Å². The second-order valence-corrected chi connectivity index (χ2v) is 9.28. The highest BCUT2D eigenvalue weighted by atomic mass is 16.2. The molecule has 1 saturated carbocycles. The molecule has 0 radical (unpaired) electrons. The van der Waals surface area contributed by atoms with Gasteiger partial charge >= 0.3 is 0 Å². The summed E-state index contributed by atoms with van der Waals surface area (Å²) in [5, 5.41) is 0. The van der Waals surface area contributed by atoms with Gasteiger partial charge in [-0.05, 0) is 50.0 Å². The molecule has 2 aliphatic heterocycles. The van der Waals surface area contributed by atoms with Crippen LogP contribution in [-0.2, 0) is 16.0 Å². The van der Waals surface area contributed by atoms with Crippen molar-refractivity contribution in [1.82, 2.24) is 14.7 Å². The van der Waals surface area contributed by atoms with Crippen LogP contribution in [0.2, 0.25) is 0 Å². The van der Waals surface area contributed by atoms with Crippen molar-refractivity contribution in [3.8, 4) is 0 Å². The molecular formula is C25H37N3O2. The molecule has 0 spiro atoms. The van der Waals surface area contributed by atoms with Crippen LogP contribution in [0.4, 0.5) is 0 Å². The summed E-state index contributed by atoms with van der Waals surface area (Å²) >= 11 is 0. The maximum Gasteiger partial charge on any atom is 0.240 e. The normalized spacial score (nSPS) is 22.3. The second kappa shape index (κ2) is 10.4. The second-order valence-electron chi connectivity index (χ2n) is 9.28. The predicted octanol–water partition coefficient (Wildman–Crippen LogP) is 3.33. The lowest BCUT2D eigenvalue weighted by molar-refractivity contribution is -0.142. The summed E-state index contributed by atoms with van der Waals surface area (Å²) in [6.45, 7) is 5.03. The monoisotopic (exact) mass is 411 g/mol. The third-order valence-electron chi connectivity index (χ3n) is 7.30. The number of hydrogen-bond acceptors (Lipinski definition) is 3. The molecule has 0 unspecified atom stereocenters. The summed E-state index contributed by atoms with van der Waals surface area (Å²) < 4.78 is 0. The lowest BCUT2D eigenvalue weighted by Crippen LogP contribution is -2.59. The Labute approximate surface area is 181 Å². The minimum Gasteiger partial charge on any atom is -0.341 e. The largest absolute Gasteiger partial charge is 0.341 e. The van der Waals surface area contributed by atoms with Gasteiger partial charge < -0.3 is 9.80 Å². The predicted molar refractivity (Wildman–Crippen MR) is 119 cm³/mol. The number of piperazine rings is 1. The molecule has 0 bridgehead atoms. The first-order valence-electron chi connectivity index (χ1n) is 12.1. The molecule has 164 valence electrons. The summed E-state index contributed by atoms with van der Waals surface area (Å²) in [6.07, 6.45) is 9.79. The fourth-order valence-corrected chi connectivity index (χ4v) is 5.53. The van der Waals surface area contributed by atoms with Crippen LogP contribution in [-0.4, -0.2) is 71.8 Å². The van der Waals surface area contributed by atoms with Crippen molar-refractivity contribution in [1.29, 1.82) is 0 Å². The minimum atomic E-state index is 0.0344. The van der Waals surface area contributed by atoms with Gasteiger partial charge in [0.25, 0.3) is 0 Å². The third kappa shape index (κ3) is 5.23. The molecule has 4 rings (SSSR count). The Kier molecular flexibility index (Phi) is 7.42. The number of hydrogen-bond donors (Lipinski definition) is 0. The van der Waals surface area contributed by atoms with Gasteiger partial charge in [0.2, 0.25) is 11.8 Å². The molecule has 2 saturated heterocycles. The van der Waals surface area contributed by atoms with Crippen molar-refractivity contribution in [2.75, 3.05) is 39.3 Å². The summed E-state index contributed by atoms with van der Waals surface area (Å²) in [5.41, 5.74) is 1.22. The molecule has 0 aromatic heterocycles. The number of benzene rings is 1. The Morgan fingerprint density at radius 3 is 2.13 bits per heavy atom. The average Bonchev–Trinajstić information content (AvgIpc) is 3.34. The summed E-state index contributed by atoms with van der Waals surface area (Å²) in [6, 6.07) is 10.3. The van der Waals surface area contributed by atoms with E-state index in [1.807, 2.05) is 23.1 Å². The molecule has 1 aliphatic carbocycles. The van der Waals surface area contributed by atoms with Gasteiger partial charge in [0.15, 0.2) is 0 Å². The van der Waals surface area contributed by atoms with E-state index in [1.54, 1.807) is 0 Å². The average molecular weight is 412 g/mol. The van der Waals surface area contributed by atoms with E-state index in [0.717, 1.165) is 58.5 Å². The van der Waals surface area contributed by atoms with Gasteiger partial charge in [-0.25, -0.2) is 0 Å². The molecule has 2 heterocycles. The van der Waals surface area contributed by atoms with Crippen molar-refractivity contribution in [3.05, 3.63) is 35.9 Å². The van der Waals surface area contributed by atoms with Crippen LogP contribution in [0.15, 0.2) is 30.3 Å². The van der Waals surface area contributed by atoms with Crippen molar-refractivity contribution in [3.63, 3.8) is 0 Å². The maximum atomic E-state index is 13.5. The molecule has 5 nitrogen and oxygen atoms in total. The van der Waals surface area contributed by atoms with Gasteiger partial charge in [-0.15, -0.1) is 0 Å². The quantitative estimate of drug-likeness (QED) is 0.721. The fraction of sp³-hybridized carbons (Fsp3) is 0.680. The number of likely N-dealkylation sites (tertiary alicyclic amines) is 1. The molecule has 2 amide bonds. The molecular weight excluding hydrogens is 374 g/mol. The Morgan fingerprint density at radius 2 is 1.47 bits per heavy atom. The summed E-state index contributed by atoms with van der Waals surface area (Å²) in [4.78, 5) is 32.7. The SMILES string of the molecule is O=C(CCc1ccccc1)N1CCN([C@@H](C(=O)N2CCCCC2)C2CCCC2)CC1. The Hall–Kier alpha value is -1.88. The van der Waals surface area contributed by atoms with Crippen molar-refractivity contribution in [2.45, 2.75) is 63.8 Å². The van der Waals surface area contributed by atoms with Crippen LogP contribution in [0.1, 0.15) is 56.9 Å². The molecule has 3 fully saturated rings. The van der Waals surface area contributed by atoms with Gasteiger partial charge in [0, 0.05) is 45.7 Å². The van der Waals surface area contributed by atoms with Gasteiger partial charge in [0.05, 0.1) is 6.04 Å². The maximum absolute atomic E-state index is 13.5. The van der Waals surface area contributed by atoms with Crippen LogP contribution in [0.25, 0.3) is 0 Å². The number of piperidine rings is 1. The Balaban J connectivity index is 1.32. The zero-order chi connectivity index (χ0) is 20.8. The fourth-order valence-electron chi connectivity index (χ4n) is 5.53. The number of aryl methyl sites for hydroxylation is 1. The number of nitrogens with zero attached hydrogens (tertiary/aromatic N) is 3.